The molecule has 0 N–H and O–H groups in total. The van der Waals surface area contributed by atoms with Crippen LogP contribution in [0.3, 0.4) is 0 Å². The number of nitrogens with zero attached hydrogens (tertiary/aromatic N) is 4. The average Bonchev–Trinajstić information content (AvgIpc) is 2.89. The molecule has 0 spiro atoms. The van der Waals surface area contributed by atoms with Crippen LogP contribution in [-0.4, -0.2) is 38.1 Å². The molecule has 7 heteroatoms. The van der Waals surface area contributed by atoms with Gasteiger partial charge in [0.05, 0.1) is 17.9 Å². The van der Waals surface area contributed by atoms with E-state index in [1.54, 1.807) is 25.4 Å². The summed E-state index contributed by atoms with van der Waals surface area (Å²) in [6.45, 7) is 1.94. The van der Waals surface area contributed by atoms with Crippen molar-refractivity contribution in [2.75, 3.05) is 6.61 Å². The van der Waals surface area contributed by atoms with Gasteiger partial charge in [-0.2, -0.15) is 5.10 Å². The number of fused-ring (bicyclic) bond motifs is 1. The van der Waals surface area contributed by atoms with Crippen molar-refractivity contribution in [1.29, 1.82) is 0 Å². The molecule has 0 fully saturated rings. The third-order valence-corrected chi connectivity index (χ3v) is 3.29. The van der Waals surface area contributed by atoms with Gasteiger partial charge in [0.25, 0.3) is 5.95 Å². The summed E-state index contributed by atoms with van der Waals surface area (Å²) < 4.78 is 6.45. The van der Waals surface area contributed by atoms with Crippen molar-refractivity contribution in [3.05, 3.63) is 35.4 Å². The molecule has 0 aromatic carbocycles. The first-order chi connectivity index (χ1) is 10.2. The van der Waals surface area contributed by atoms with Crippen LogP contribution in [0.25, 0.3) is 5.95 Å². The molecule has 0 bridgehead atoms. The summed E-state index contributed by atoms with van der Waals surface area (Å²) in [5.41, 5.74) is 1.09. The van der Waals surface area contributed by atoms with Gasteiger partial charge in [-0.15, -0.1) is 0 Å². The van der Waals surface area contributed by atoms with Crippen LogP contribution in [-0.2, 0) is 11.2 Å². The summed E-state index contributed by atoms with van der Waals surface area (Å²) in [4.78, 5) is 32.4. The standard InChI is InChI=1S/C14H14N4O3/c1-2-21-13(20)12-11-9(5-3-6-10(11)19)18(17-12)14-15-7-4-8-16-14/h4,7-8H,2-3,5-6H2,1H3. The summed E-state index contributed by atoms with van der Waals surface area (Å²) in [5.74, 6) is -0.320. The van der Waals surface area contributed by atoms with Crippen molar-refractivity contribution < 1.29 is 14.3 Å². The van der Waals surface area contributed by atoms with Gasteiger partial charge < -0.3 is 4.74 Å². The second-order valence-electron chi connectivity index (χ2n) is 4.63. The van der Waals surface area contributed by atoms with Gasteiger partial charge >= 0.3 is 5.97 Å². The minimum absolute atomic E-state index is 0.0593. The number of rotatable bonds is 3. The highest BCUT2D eigenvalue weighted by Crippen LogP contribution is 2.26. The molecule has 7 nitrogen and oxygen atoms in total. The number of ketones is 1. The monoisotopic (exact) mass is 286 g/mol. The first-order valence-corrected chi connectivity index (χ1v) is 6.82. The molecule has 2 heterocycles. The molecular weight excluding hydrogens is 272 g/mol. The maximum absolute atomic E-state index is 12.2. The van der Waals surface area contributed by atoms with E-state index < -0.39 is 5.97 Å². The van der Waals surface area contributed by atoms with Gasteiger partial charge in [-0.1, -0.05) is 0 Å². The zero-order valence-electron chi connectivity index (χ0n) is 11.6. The predicted molar refractivity (Wildman–Crippen MR) is 72.4 cm³/mol. The molecule has 0 atom stereocenters. The minimum atomic E-state index is -0.585. The molecule has 3 rings (SSSR count). The fraction of sp³-hybridized carbons (Fsp3) is 0.357. The summed E-state index contributed by atoms with van der Waals surface area (Å²) in [6.07, 6.45) is 4.98. The van der Waals surface area contributed by atoms with Gasteiger partial charge in [0.1, 0.15) is 0 Å². The second-order valence-corrected chi connectivity index (χ2v) is 4.63. The fourth-order valence-electron chi connectivity index (χ4n) is 2.43. The van der Waals surface area contributed by atoms with E-state index >= 15 is 0 Å². The lowest BCUT2D eigenvalue weighted by molar-refractivity contribution is 0.0515. The maximum atomic E-state index is 12.2. The van der Waals surface area contributed by atoms with Gasteiger partial charge in [0.15, 0.2) is 11.5 Å². The average molecular weight is 286 g/mol. The Labute approximate surface area is 121 Å². The number of esters is 1. The van der Waals surface area contributed by atoms with Gasteiger partial charge in [0.2, 0.25) is 0 Å². The Morgan fingerprint density at radius 1 is 1.33 bits per heavy atom. The smallest absolute Gasteiger partial charge is 0.359 e. The molecule has 0 unspecified atom stereocenters. The van der Waals surface area contributed by atoms with E-state index in [2.05, 4.69) is 15.1 Å². The van der Waals surface area contributed by atoms with Gasteiger partial charge in [-0.05, 0) is 25.8 Å². The van der Waals surface area contributed by atoms with E-state index in [-0.39, 0.29) is 18.1 Å². The Morgan fingerprint density at radius 3 is 2.81 bits per heavy atom. The van der Waals surface area contributed by atoms with Crippen molar-refractivity contribution >= 4 is 11.8 Å². The Balaban J connectivity index is 2.16. The largest absolute Gasteiger partial charge is 0.461 e. The molecule has 2 aromatic rings. The van der Waals surface area contributed by atoms with Crippen molar-refractivity contribution in [3.8, 4) is 5.95 Å². The molecule has 0 radical (unpaired) electrons. The number of hydrogen-bond donors (Lipinski definition) is 0. The van der Waals surface area contributed by atoms with E-state index in [4.69, 9.17) is 4.74 Å². The van der Waals surface area contributed by atoms with Crippen LogP contribution in [0.4, 0.5) is 0 Å². The number of carbonyl (C=O) groups excluding carboxylic acids is 2. The van der Waals surface area contributed by atoms with E-state index in [9.17, 15) is 9.59 Å². The van der Waals surface area contributed by atoms with E-state index in [0.29, 0.717) is 30.0 Å². The van der Waals surface area contributed by atoms with Crippen LogP contribution >= 0.6 is 0 Å². The van der Waals surface area contributed by atoms with Crippen LogP contribution in [0, 0.1) is 0 Å². The van der Waals surface area contributed by atoms with Crippen molar-refractivity contribution in [3.63, 3.8) is 0 Å². The first-order valence-electron chi connectivity index (χ1n) is 6.82. The predicted octanol–water partition coefficient (Wildman–Crippen LogP) is 1.36. The maximum Gasteiger partial charge on any atom is 0.359 e. The SMILES string of the molecule is CCOC(=O)c1nn(-c2ncccn2)c2c1C(=O)CCC2. The van der Waals surface area contributed by atoms with E-state index in [0.717, 1.165) is 6.42 Å². The van der Waals surface area contributed by atoms with Crippen LogP contribution in [0.5, 0.6) is 0 Å². The third kappa shape index (κ3) is 2.31. The topological polar surface area (TPSA) is 87.0 Å². The lowest BCUT2D eigenvalue weighted by Crippen LogP contribution is -2.16. The van der Waals surface area contributed by atoms with Crippen molar-refractivity contribution in [1.82, 2.24) is 19.7 Å². The van der Waals surface area contributed by atoms with Crippen molar-refractivity contribution in [2.24, 2.45) is 0 Å². The fourth-order valence-corrected chi connectivity index (χ4v) is 2.43. The Kier molecular flexibility index (Phi) is 3.47. The van der Waals surface area contributed by atoms with Crippen LogP contribution in [0.2, 0.25) is 0 Å². The highest BCUT2D eigenvalue weighted by molar-refractivity contribution is 6.06. The van der Waals surface area contributed by atoms with Gasteiger partial charge in [-0.25, -0.2) is 19.4 Å². The zero-order valence-corrected chi connectivity index (χ0v) is 11.6. The Morgan fingerprint density at radius 2 is 2.10 bits per heavy atom. The molecule has 108 valence electrons. The van der Waals surface area contributed by atoms with Crippen LogP contribution in [0.15, 0.2) is 18.5 Å². The molecule has 0 aliphatic heterocycles. The molecule has 21 heavy (non-hydrogen) atoms. The number of ether oxygens (including phenoxy) is 1. The number of Topliss-reactive ketones (excluding diaryl/α,β-unsaturated/α-hetero) is 1. The Bertz CT molecular complexity index is 694. The number of aromatic nitrogens is 4. The molecule has 0 saturated carbocycles. The lowest BCUT2D eigenvalue weighted by atomic mass is 9.94. The third-order valence-electron chi connectivity index (χ3n) is 3.29. The lowest BCUT2D eigenvalue weighted by Gasteiger charge is -2.12. The second kappa shape index (κ2) is 5.43. The zero-order chi connectivity index (χ0) is 14.8. The van der Waals surface area contributed by atoms with E-state index in [1.807, 2.05) is 0 Å². The molecular formula is C14H14N4O3. The van der Waals surface area contributed by atoms with Gasteiger partial charge in [0, 0.05) is 18.8 Å². The normalized spacial score (nSPS) is 13.9. The molecule has 1 aliphatic carbocycles. The Hall–Kier alpha value is -2.57. The minimum Gasteiger partial charge on any atom is -0.461 e. The quantitative estimate of drug-likeness (QED) is 0.792. The molecule has 1 aliphatic rings. The highest BCUT2D eigenvalue weighted by Gasteiger charge is 2.31. The summed E-state index contributed by atoms with van der Waals surface area (Å²) in [5, 5.41) is 4.23. The van der Waals surface area contributed by atoms with Gasteiger partial charge in [-0.3, -0.25) is 4.79 Å². The van der Waals surface area contributed by atoms with Crippen LogP contribution in [0.1, 0.15) is 46.3 Å². The summed E-state index contributed by atoms with van der Waals surface area (Å²) in [6, 6.07) is 1.69. The highest BCUT2D eigenvalue weighted by atomic mass is 16.5. The first kappa shape index (κ1) is 13.4. The summed E-state index contributed by atoms with van der Waals surface area (Å²) in [7, 11) is 0. The number of carbonyl (C=O) groups is 2. The van der Waals surface area contributed by atoms with E-state index in [1.165, 1.54) is 4.68 Å². The molecule has 0 amide bonds. The molecule has 2 aromatic heterocycles. The van der Waals surface area contributed by atoms with Crippen LogP contribution < -0.4 is 0 Å². The number of hydrogen-bond acceptors (Lipinski definition) is 6. The molecule has 0 saturated heterocycles. The van der Waals surface area contributed by atoms with Crippen molar-refractivity contribution in [2.45, 2.75) is 26.2 Å². The summed E-state index contributed by atoms with van der Waals surface area (Å²) >= 11 is 0.